The maximum atomic E-state index is 5.84. The van der Waals surface area contributed by atoms with Gasteiger partial charge in [0.05, 0.1) is 0 Å². The van der Waals surface area contributed by atoms with Crippen molar-refractivity contribution in [2.75, 3.05) is 13.1 Å². The minimum Gasteiger partial charge on any atom is -0.326 e. The first-order chi connectivity index (χ1) is 6.34. The number of hydrogen-bond acceptors (Lipinski definition) is 2. The maximum absolute atomic E-state index is 5.84. The molecule has 2 rings (SSSR count). The Morgan fingerprint density at radius 2 is 2.00 bits per heavy atom. The summed E-state index contributed by atoms with van der Waals surface area (Å²) in [4.78, 5) is 2.42. The van der Waals surface area contributed by atoms with E-state index >= 15 is 0 Å². The quantitative estimate of drug-likeness (QED) is 0.775. The highest BCUT2D eigenvalue weighted by Gasteiger charge is 2.18. The fraction of sp³-hybridized carbons (Fsp3) is 0.500. The summed E-state index contributed by atoms with van der Waals surface area (Å²) >= 11 is 0. The molecule has 1 unspecified atom stereocenters. The molecule has 1 fully saturated rings. The molecule has 1 heterocycles. The van der Waals surface area contributed by atoms with E-state index in [1.165, 1.54) is 5.56 Å². The number of nitrogens with two attached hydrogens (primary N) is 1. The molecule has 0 aliphatic carbocycles. The molecule has 0 spiro atoms. The van der Waals surface area contributed by atoms with Crippen LogP contribution in [0.4, 0.5) is 0 Å². The summed E-state index contributed by atoms with van der Waals surface area (Å²) in [6.45, 7) is 3.25. The van der Waals surface area contributed by atoms with Crippen molar-refractivity contribution in [3.05, 3.63) is 35.9 Å². The van der Waals surface area contributed by atoms with Gasteiger partial charge in [0.15, 0.2) is 0 Å². The van der Waals surface area contributed by atoms with E-state index in [2.05, 4.69) is 35.2 Å². The van der Waals surface area contributed by atoms with Crippen molar-refractivity contribution in [3.63, 3.8) is 0 Å². The van der Waals surface area contributed by atoms with E-state index < -0.39 is 0 Å². The fourth-order valence-electron chi connectivity index (χ4n) is 1.85. The van der Waals surface area contributed by atoms with Crippen LogP contribution in [0.25, 0.3) is 0 Å². The van der Waals surface area contributed by atoms with Gasteiger partial charge in [-0.25, -0.2) is 0 Å². The molecule has 1 aliphatic heterocycles. The minimum atomic E-state index is 0. The van der Waals surface area contributed by atoms with Gasteiger partial charge < -0.3 is 5.73 Å². The first kappa shape index (κ1) is 11.2. The number of nitrogens with zero attached hydrogens (tertiary/aromatic N) is 1. The topological polar surface area (TPSA) is 29.3 Å². The Morgan fingerprint density at radius 3 is 2.57 bits per heavy atom. The molecule has 1 aromatic rings. The number of hydrogen-bond donors (Lipinski definition) is 1. The Hall–Kier alpha value is -0.860. The van der Waals surface area contributed by atoms with Crippen molar-refractivity contribution in [2.24, 2.45) is 5.73 Å². The van der Waals surface area contributed by atoms with Crippen molar-refractivity contribution in [3.8, 4) is 0 Å². The lowest BCUT2D eigenvalue weighted by molar-refractivity contribution is 0.327. The highest BCUT2D eigenvalue weighted by molar-refractivity contribution is 5.14. The van der Waals surface area contributed by atoms with E-state index in [0.717, 1.165) is 26.1 Å². The van der Waals surface area contributed by atoms with E-state index in [-0.39, 0.29) is 7.43 Å². The minimum absolute atomic E-state index is 0. The molecule has 78 valence electrons. The Kier molecular flexibility index (Phi) is 4.11. The summed E-state index contributed by atoms with van der Waals surface area (Å²) in [5.41, 5.74) is 7.22. The SMILES string of the molecule is C.NC1CCN(Cc2ccccc2)C1. The van der Waals surface area contributed by atoms with E-state index in [1.807, 2.05) is 0 Å². The second kappa shape index (κ2) is 5.13. The van der Waals surface area contributed by atoms with Crippen LogP contribution in [0.2, 0.25) is 0 Å². The summed E-state index contributed by atoms with van der Waals surface area (Å²) in [6, 6.07) is 11.0. The van der Waals surface area contributed by atoms with Crippen LogP contribution in [0.3, 0.4) is 0 Å². The van der Waals surface area contributed by atoms with Gasteiger partial charge in [0.25, 0.3) is 0 Å². The molecule has 0 saturated carbocycles. The molecule has 1 aromatic carbocycles. The predicted octanol–water partition coefficient (Wildman–Crippen LogP) is 1.86. The summed E-state index contributed by atoms with van der Waals surface area (Å²) in [5, 5.41) is 0. The van der Waals surface area contributed by atoms with Crippen LogP contribution in [0, 0.1) is 0 Å². The number of benzene rings is 1. The third-order valence-electron chi connectivity index (χ3n) is 2.56. The van der Waals surface area contributed by atoms with E-state index in [4.69, 9.17) is 5.73 Å². The lowest BCUT2D eigenvalue weighted by Crippen LogP contribution is -2.26. The first-order valence-electron chi connectivity index (χ1n) is 4.86. The van der Waals surface area contributed by atoms with Crippen LogP contribution in [-0.2, 0) is 6.54 Å². The van der Waals surface area contributed by atoms with Gasteiger partial charge in [-0.15, -0.1) is 0 Å². The van der Waals surface area contributed by atoms with Gasteiger partial charge >= 0.3 is 0 Å². The molecule has 2 N–H and O–H groups in total. The van der Waals surface area contributed by atoms with Crippen molar-refractivity contribution >= 4 is 0 Å². The van der Waals surface area contributed by atoms with Gasteiger partial charge in [0.2, 0.25) is 0 Å². The zero-order valence-electron chi connectivity index (χ0n) is 7.82. The van der Waals surface area contributed by atoms with E-state index in [9.17, 15) is 0 Å². The molecular formula is C12H20N2. The Balaban J connectivity index is 0.000000980. The first-order valence-corrected chi connectivity index (χ1v) is 4.86. The highest BCUT2D eigenvalue weighted by atomic mass is 15.2. The monoisotopic (exact) mass is 192 g/mol. The van der Waals surface area contributed by atoms with Crippen LogP contribution >= 0.6 is 0 Å². The lowest BCUT2D eigenvalue weighted by Gasteiger charge is -2.14. The molecule has 2 nitrogen and oxygen atoms in total. The maximum Gasteiger partial charge on any atom is 0.0234 e. The van der Waals surface area contributed by atoms with Gasteiger partial charge in [0, 0.05) is 25.7 Å². The molecular weight excluding hydrogens is 172 g/mol. The average molecular weight is 192 g/mol. The highest BCUT2D eigenvalue weighted by Crippen LogP contribution is 2.11. The van der Waals surface area contributed by atoms with E-state index in [1.54, 1.807) is 0 Å². The third-order valence-corrected chi connectivity index (χ3v) is 2.56. The smallest absolute Gasteiger partial charge is 0.0234 e. The Labute approximate surface area is 86.7 Å². The van der Waals surface area contributed by atoms with Gasteiger partial charge in [-0.2, -0.15) is 0 Å². The fourth-order valence-corrected chi connectivity index (χ4v) is 1.85. The average Bonchev–Trinajstić information content (AvgIpc) is 2.53. The molecule has 0 radical (unpaired) electrons. The molecule has 0 amide bonds. The summed E-state index contributed by atoms with van der Waals surface area (Å²) in [7, 11) is 0. The Morgan fingerprint density at radius 1 is 1.29 bits per heavy atom. The summed E-state index contributed by atoms with van der Waals surface area (Å²) < 4.78 is 0. The van der Waals surface area contributed by atoms with Gasteiger partial charge in [0.1, 0.15) is 0 Å². The third kappa shape index (κ3) is 2.82. The summed E-state index contributed by atoms with van der Waals surface area (Å²) in [6.07, 6.45) is 1.15. The number of rotatable bonds is 2. The second-order valence-electron chi connectivity index (χ2n) is 3.77. The predicted molar refractivity (Wildman–Crippen MR) is 61.0 cm³/mol. The standard InChI is InChI=1S/C11H16N2.CH4/c12-11-6-7-13(9-11)8-10-4-2-1-3-5-10;/h1-5,11H,6-9,12H2;1H4. The van der Waals surface area contributed by atoms with Crippen LogP contribution < -0.4 is 5.73 Å². The zero-order chi connectivity index (χ0) is 9.10. The molecule has 2 heteroatoms. The largest absolute Gasteiger partial charge is 0.326 e. The van der Waals surface area contributed by atoms with Crippen LogP contribution in [-0.4, -0.2) is 24.0 Å². The molecule has 14 heavy (non-hydrogen) atoms. The molecule has 0 bridgehead atoms. The molecule has 1 aliphatic rings. The number of likely N-dealkylation sites (tertiary alicyclic amines) is 1. The Bertz CT molecular complexity index is 258. The van der Waals surface area contributed by atoms with Gasteiger partial charge in [-0.05, 0) is 12.0 Å². The molecule has 0 aromatic heterocycles. The van der Waals surface area contributed by atoms with Gasteiger partial charge in [-0.3, -0.25) is 4.90 Å². The normalized spacial score (nSPS) is 21.9. The van der Waals surface area contributed by atoms with Crippen molar-refractivity contribution in [2.45, 2.75) is 26.4 Å². The summed E-state index contributed by atoms with van der Waals surface area (Å²) in [5.74, 6) is 0. The second-order valence-corrected chi connectivity index (χ2v) is 3.77. The van der Waals surface area contributed by atoms with Crippen LogP contribution in [0.1, 0.15) is 19.4 Å². The van der Waals surface area contributed by atoms with Crippen molar-refractivity contribution in [1.82, 2.24) is 4.90 Å². The van der Waals surface area contributed by atoms with Gasteiger partial charge in [-0.1, -0.05) is 37.8 Å². The van der Waals surface area contributed by atoms with Crippen LogP contribution in [0.15, 0.2) is 30.3 Å². The van der Waals surface area contributed by atoms with Crippen molar-refractivity contribution in [1.29, 1.82) is 0 Å². The van der Waals surface area contributed by atoms with E-state index in [0.29, 0.717) is 6.04 Å². The van der Waals surface area contributed by atoms with Crippen molar-refractivity contribution < 1.29 is 0 Å². The lowest BCUT2D eigenvalue weighted by atomic mass is 10.2. The molecule has 1 atom stereocenters. The zero-order valence-corrected chi connectivity index (χ0v) is 7.82. The molecule has 1 saturated heterocycles. The van der Waals surface area contributed by atoms with Crippen LogP contribution in [0.5, 0.6) is 0 Å².